The van der Waals surface area contributed by atoms with Crippen LogP contribution in [0.15, 0.2) is 40.2 Å². The van der Waals surface area contributed by atoms with E-state index < -0.39 is 5.97 Å². The predicted molar refractivity (Wildman–Crippen MR) is 92.6 cm³/mol. The van der Waals surface area contributed by atoms with Crippen LogP contribution < -0.4 is 5.32 Å². The van der Waals surface area contributed by atoms with Crippen LogP contribution >= 0.6 is 27.3 Å². The zero-order valence-corrected chi connectivity index (χ0v) is 14.8. The maximum Gasteiger partial charge on any atom is 0.349 e. The summed E-state index contributed by atoms with van der Waals surface area (Å²) in [6.45, 7) is -0.262. The van der Waals surface area contributed by atoms with Gasteiger partial charge in [-0.15, -0.1) is 11.3 Å². The van der Waals surface area contributed by atoms with Gasteiger partial charge >= 0.3 is 5.97 Å². The maximum absolute atomic E-state index is 12.1. The Morgan fingerprint density at radius 3 is 2.91 bits per heavy atom. The van der Waals surface area contributed by atoms with Crippen LogP contribution in [0.5, 0.6) is 0 Å². The van der Waals surface area contributed by atoms with Gasteiger partial charge in [0.15, 0.2) is 6.61 Å². The van der Waals surface area contributed by atoms with Crippen LogP contribution in [-0.4, -0.2) is 18.5 Å². The second-order valence-corrected chi connectivity index (χ2v) is 7.16. The molecule has 1 aromatic heterocycles. The van der Waals surface area contributed by atoms with Crippen LogP contribution in [0, 0.1) is 0 Å². The Bertz CT molecular complexity index is 728. The molecule has 1 atom stereocenters. The molecule has 0 spiro atoms. The number of benzene rings is 1. The minimum Gasteiger partial charge on any atom is -0.451 e. The average Bonchev–Trinajstić information content (AvgIpc) is 2.99. The number of carbonyl (C=O) groups is 2. The number of halogens is 1. The number of fused-ring (bicyclic) bond motifs is 1. The summed E-state index contributed by atoms with van der Waals surface area (Å²) in [5.41, 5.74) is 2.45. The fourth-order valence-electron chi connectivity index (χ4n) is 2.78. The highest BCUT2D eigenvalue weighted by molar-refractivity contribution is 9.10. The summed E-state index contributed by atoms with van der Waals surface area (Å²) in [6.07, 6.45) is 3.00. The Balaban J connectivity index is 1.56. The third kappa shape index (κ3) is 3.82. The van der Waals surface area contributed by atoms with Gasteiger partial charge < -0.3 is 10.1 Å². The van der Waals surface area contributed by atoms with Crippen molar-refractivity contribution in [1.29, 1.82) is 0 Å². The van der Waals surface area contributed by atoms with E-state index >= 15 is 0 Å². The molecule has 6 heteroatoms. The van der Waals surface area contributed by atoms with E-state index in [0.29, 0.717) is 9.35 Å². The fraction of sp³-hybridized carbons (Fsp3) is 0.294. The molecule has 2 aromatic rings. The Kier molecular flexibility index (Phi) is 5.13. The van der Waals surface area contributed by atoms with Crippen molar-refractivity contribution in [3.63, 3.8) is 0 Å². The zero-order chi connectivity index (χ0) is 16.2. The van der Waals surface area contributed by atoms with Crippen LogP contribution in [0.2, 0.25) is 0 Å². The van der Waals surface area contributed by atoms with Crippen molar-refractivity contribution in [3.8, 4) is 0 Å². The highest BCUT2D eigenvalue weighted by atomic mass is 79.9. The molecule has 1 heterocycles. The topological polar surface area (TPSA) is 55.4 Å². The smallest absolute Gasteiger partial charge is 0.349 e. The van der Waals surface area contributed by atoms with Gasteiger partial charge in [0.05, 0.1) is 6.04 Å². The number of aryl methyl sites for hydroxylation is 1. The summed E-state index contributed by atoms with van der Waals surface area (Å²) >= 11 is 4.56. The molecule has 1 aliphatic carbocycles. The Labute approximate surface area is 147 Å². The molecule has 120 valence electrons. The first kappa shape index (κ1) is 16.2. The molecule has 1 amide bonds. The lowest BCUT2D eigenvalue weighted by molar-refractivity contribution is -0.125. The third-order valence-electron chi connectivity index (χ3n) is 3.84. The fourth-order valence-corrected chi connectivity index (χ4v) is 4.20. The monoisotopic (exact) mass is 393 g/mol. The first-order valence-electron chi connectivity index (χ1n) is 7.42. The Hall–Kier alpha value is -1.66. The van der Waals surface area contributed by atoms with Gasteiger partial charge in [-0.2, -0.15) is 0 Å². The largest absolute Gasteiger partial charge is 0.451 e. The number of rotatable bonds is 4. The molecule has 4 nitrogen and oxygen atoms in total. The van der Waals surface area contributed by atoms with Crippen LogP contribution in [0.1, 0.15) is 39.7 Å². The van der Waals surface area contributed by atoms with E-state index in [1.165, 1.54) is 22.5 Å². The number of thiophene rings is 1. The van der Waals surface area contributed by atoms with Crippen LogP contribution in [0.3, 0.4) is 0 Å². The Morgan fingerprint density at radius 1 is 1.30 bits per heavy atom. The summed E-state index contributed by atoms with van der Waals surface area (Å²) < 4.78 is 5.78. The molecule has 0 saturated heterocycles. The lowest BCUT2D eigenvalue weighted by Gasteiger charge is -2.26. The molecule has 0 bridgehead atoms. The molecule has 0 radical (unpaired) electrons. The van der Waals surface area contributed by atoms with Crippen molar-refractivity contribution in [3.05, 3.63) is 56.2 Å². The number of hydrogen-bond donors (Lipinski definition) is 1. The number of nitrogens with one attached hydrogen (secondary N) is 1. The molecule has 1 unspecified atom stereocenters. The summed E-state index contributed by atoms with van der Waals surface area (Å²) in [5.74, 6) is -0.751. The van der Waals surface area contributed by atoms with Crippen molar-refractivity contribution in [2.24, 2.45) is 0 Å². The van der Waals surface area contributed by atoms with Crippen molar-refractivity contribution in [2.45, 2.75) is 25.3 Å². The molecule has 0 fully saturated rings. The normalized spacial score (nSPS) is 16.5. The number of carbonyl (C=O) groups excluding carboxylic acids is 2. The van der Waals surface area contributed by atoms with E-state index in [1.807, 2.05) is 18.2 Å². The molecular formula is C17H16BrNO3S. The van der Waals surface area contributed by atoms with E-state index in [-0.39, 0.29) is 18.6 Å². The van der Waals surface area contributed by atoms with E-state index in [4.69, 9.17) is 4.74 Å². The van der Waals surface area contributed by atoms with E-state index in [1.54, 1.807) is 11.4 Å². The van der Waals surface area contributed by atoms with Gasteiger partial charge in [0.2, 0.25) is 0 Å². The third-order valence-corrected chi connectivity index (χ3v) is 5.66. The van der Waals surface area contributed by atoms with Gasteiger partial charge in [0, 0.05) is 4.47 Å². The lowest BCUT2D eigenvalue weighted by atomic mass is 9.88. The van der Waals surface area contributed by atoms with Gasteiger partial charge in [-0.1, -0.05) is 24.3 Å². The summed E-state index contributed by atoms with van der Waals surface area (Å²) in [6, 6.07) is 9.93. The number of hydrogen-bond acceptors (Lipinski definition) is 4. The second kappa shape index (κ2) is 7.27. The van der Waals surface area contributed by atoms with Crippen LogP contribution in [0.25, 0.3) is 0 Å². The van der Waals surface area contributed by atoms with Gasteiger partial charge in [0.1, 0.15) is 4.88 Å². The van der Waals surface area contributed by atoms with Gasteiger partial charge in [-0.25, -0.2) is 4.79 Å². The summed E-state index contributed by atoms with van der Waals surface area (Å²) in [7, 11) is 0. The van der Waals surface area contributed by atoms with Crippen molar-refractivity contribution in [2.75, 3.05) is 6.61 Å². The first-order valence-corrected chi connectivity index (χ1v) is 9.09. The van der Waals surface area contributed by atoms with Gasteiger partial charge in [-0.3, -0.25) is 4.79 Å². The minimum atomic E-state index is -0.480. The molecule has 3 rings (SSSR count). The molecule has 1 aromatic carbocycles. The molecule has 0 saturated carbocycles. The van der Waals surface area contributed by atoms with E-state index in [9.17, 15) is 9.59 Å². The number of ether oxygens (including phenoxy) is 1. The minimum absolute atomic E-state index is 0.000346. The molecule has 0 aliphatic heterocycles. The molecular weight excluding hydrogens is 378 g/mol. The summed E-state index contributed by atoms with van der Waals surface area (Å²) in [4.78, 5) is 24.5. The molecule has 1 aliphatic rings. The highest BCUT2D eigenvalue weighted by Gasteiger charge is 2.22. The van der Waals surface area contributed by atoms with Crippen molar-refractivity contribution in [1.82, 2.24) is 5.32 Å². The first-order chi connectivity index (χ1) is 11.1. The maximum atomic E-state index is 12.1. The number of esters is 1. The van der Waals surface area contributed by atoms with Crippen LogP contribution in [-0.2, 0) is 16.0 Å². The van der Waals surface area contributed by atoms with Crippen molar-refractivity contribution >= 4 is 39.1 Å². The lowest BCUT2D eigenvalue weighted by Crippen LogP contribution is -2.34. The summed E-state index contributed by atoms with van der Waals surface area (Å²) in [5, 5.41) is 4.76. The zero-order valence-electron chi connectivity index (χ0n) is 12.4. The van der Waals surface area contributed by atoms with E-state index in [0.717, 1.165) is 19.3 Å². The molecule has 1 N–H and O–H groups in total. The van der Waals surface area contributed by atoms with E-state index in [2.05, 4.69) is 27.3 Å². The highest BCUT2D eigenvalue weighted by Crippen LogP contribution is 2.29. The van der Waals surface area contributed by atoms with Crippen LogP contribution in [0.4, 0.5) is 0 Å². The average molecular weight is 394 g/mol. The predicted octanol–water partition coefficient (Wildman–Crippen LogP) is 3.86. The Morgan fingerprint density at radius 2 is 2.13 bits per heavy atom. The SMILES string of the molecule is O=C(COC(=O)c1sccc1Br)NC1CCCc2ccccc21. The second-order valence-electron chi connectivity index (χ2n) is 5.38. The van der Waals surface area contributed by atoms with Crippen molar-refractivity contribution < 1.29 is 14.3 Å². The van der Waals surface area contributed by atoms with Gasteiger partial charge in [0.25, 0.3) is 5.91 Å². The molecule has 23 heavy (non-hydrogen) atoms. The van der Waals surface area contributed by atoms with Gasteiger partial charge in [-0.05, 0) is 57.8 Å². The standard InChI is InChI=1S/C17H16BrNO3S/c18-13-8-9-23-16(13)17(21)22-10-15(20)19-14-7-3-5-11-4-1-2-6-12(11)14/h1-2,4,6,8-9,14H,3,5,7,10H2,(H,19,20). The number of amides is 1. The quantitative estimate of drug-likeness (QED) is 0.802.